The van der Waals surface area contributed by atoms with Crippen LogP contribution in [0.3, 0.4) is 0 Å². The first-order valence-electron chi connectivity index (χ1n) is 6.41. The standard InChI is InChI=1S/C12H17N3O5S/c1-15-7-8(21(13,19)20)6-9(15)10(16)14-12(11(17)18)4-2-3-5-12/h6-7H,2-5H2,1H3,(H,14,16)(H,17,18)(H2,13,19,20). The average Bonchev–Trinajstić information content (AvgIpc) is 2.95. The predicted molar refractivity (Wildman–Crippen MR) is 73.1 cm³/mol. The van der Waals surface area contributed by atoms with E-state index < -0.39 is 27.4 Å². The molecular formula is C12H17N3O5S. The van der Waals surface area contributed by atoms with Crippen molar-refractivity contribution in [3.05, 3.63) is 18.0 Å². The fourth-order valence-corrected chi connectivity index (χ4v) is 3.15. The third-order valence-electron chi connectivity index (χ3n) is 3.76. The monoisotopic (exact) mass is 315 g/mol. The second-order valence-electron chi connectivity index (χ2n) is 5.27. The Morgan fingerprint density at radius 1 is 1.38 bits per heavy atom. The number of carbonyl (C=O) groups excluding carboxylic acids is 1. The number of carboxylic acids is 1. The summed E-state index contributed by atoms with van der Waals surface area (Å²) in [7, 11) is -2.42. The van der Waals surface area contributed by atoms with Crippen LogP contribution in [0.1, 0.15) is 36.2 Å². The molecule has 8 nitrogen and oxygen atoms in total. The van der Waals surface area contributed by atoms with Crippen LogP contribution >= 0.6 is 0 Å². The number of carboxylic acid groups (broad SMARTS) is 1. The molecule has 1 heterocycles. The molecular weight excluding hydrogens is 298 g/mol. The van der Waals surface area contributed by atoms with Gasteiger partial charge in [0.05, 0.1) is 0 Å². The Morgan fingerprint density at radius 3 is 2.38 bits per heavy atom. The minimum absolute atomic E-state index is 0.0477. The number of amides is 1. The van der Waals surface area contributed by atoms with Crippen molar-refractivity contribution in [1.82, 2.24) is 9.88 Å². The molecule has 1 aromatic rings. The summed E-state index contributed by atoms with van der Waals surface area (Å²) in [4.78, 5) is 23.5. The first-order valence-corrected chi connectivity index (χ1v) is 7.95. The van der Waals surface area contributed by atoms with Gasteiger partial charge < -0.3 is 15.0 Å². The minimum atomic E-state index is -3.91. The third kappa shape index (κ3) is 2.93. The van der Waals surface area contributed by atoms with E-state index in [2.05, 4.69) is 5.32 Å². The summed E-state index contributed by atoms with van der Waals surface area (Å²) < 4.78 is 23.9. The Balaban J connectivity index is 2.29. The zero-order valence-electron chi connectivity index (χ0n) is 11.5. The second kappa shape index (κ2) is 5.15. The van der Waals surface area contributed by atoms with Crippen LogP contribution in [0.2, 0.25) is 0 Å². The van der Waals surface area contributed by atoms with E-state index in [4.69, 9.17) is 5.14 Å². The molecule has 9 heteroatoms. The van der Waals surface area contributed by atoms with Gasteiger partial charge >= 0.3 is 5.97 Å². The number of aryl methyl sites for hydroxylation is 1. The lowest BCUT2D eigenvalue weighted by atomic mass is 9.97. The van der Waals surface area contributed by atoms with Crippen LogP contribution in [-0.2, 0) is 21.9 Å². The Morgan fingerprint density at radius 2 is 1.95 bits per heavy atom. The molecule has 1 aliphatic carbocycles. The summed E-state index contributed by atoms with van der Waals surface area (Å²) in [5, 5.41) is 16.9. The molecule has 0 bridgehead atoms. The first-order chi connectivity index (χ1) is 9.66. The Kier molecular flexibility index (Phi) is 3.81. The molecule has 2 rings (SSSR count). The van der Waals surface area contributed by atoms with Crippen LogP contribution in [0.4, 0.5) is 0 Å². The van der Waals surface area contributed by atoms with Crippen LogP contribution in [0.5, 0.6) is 0 Å². The normalized spacial score (nSPS) is 17.6. The molecule has 0 unspecified atom stereocenters. The fourth-order valence-electron chi connectivity index (χ4n) is 2.57. The topological polar surface area (TPSA) is 131 Å². The lowest BCUT2D eigenvalue weighted by molar-refractivity contribution is -0.144. The molecule has 116 valence electrons. The third-order valence-corrected chi connectivity index (χ3v) is 4.64. The van der Waals surface area contributed by atoms with E-state index in [1.54, 1.807) is 0 Å². The van der Waals surface area contributed by atoms with Crippen LogP contribution < -0.4 is 10.5 Å². The van der Waals surface area contributed by atoms with Crippen molar-refractivity contribution < 1.29 is 23.1 Å². The SMILES string of the molecule is Cn1cc(S(N)(=O)=O)cc1C(=O)NC1(C(=O)O)CCCC1. The van der Waals surface area contributed by atoms with Gasteiger partial charge in [-0.15, -0.1) is 0 Å². The van der Waals surface area contributed by atoms with Gasteiger partial charge in [0.25, 0.3) is 5.91 Å². The van der Waals surface area contributed by atoms with E-state index in [0.29, 0.717) is 12.8 Å². The molecule has 0 aliphatic heterocycles. The van der Waals surface area contributed by atoms with Crippen molar-refractivity contribution in [2.24, 2.45) is 12.2 Å². The van der Waals surface area contributed by atoms with Gasteiger partial charge in [-0.2, -0.15) is 0 Å². The number of nitrogens with one attached hydrogen (secondary N) is 1. The van der Waals surface area contributed by atoms with Gasteiger partial charge in [0, 0.05) is 13.2 Å². The van der Waals surface area contributed by atoms with Gasteiger partial charge in [-0.1, -0.05) is 12.8 Å². The zero-order chi connectivity index (χ0) is 15.8. The fraction of sp³-hybridized carbons (Fsp3) is 0.500. The summed E-state index contributed by atoms with van der Waals surface area (Å²) in [5.74, 6) is -1.70. The van der Waals surface area contributed by atoms with Crippen LogP contribution in [0, 0.1) is 0 Å². The molecule has 4 N–H and O–H groups in total. The van der Waals surface area contributed by atoms with Crippen molar-refractivity contribution in [3.8, 4) is 0 Å². The molecule has 1 aliphatic rings. The predicted octanol–water partition coefficient (Wildman–Crippen LogP) is -0.200. The highest BCUT2D eigenvalue weighted by molar-refractivity contribution is 7.89. The highest BCUT2D eigenvalue weighted by Crippen LogP contribution is 2.30. The minimum Gasteiger partial charge on any atom is -0.480 e. The van der Waals surface area contributed by atoms with E-state index in [-0.39, 0.29) is 10.6 Å². The summed E-state index contributed by atoms with van der Waals surface area (Å²) in [6.07, 6.45) is 3.39. The Bertz CT molecular complexity index is 686. The van der Waals surface area contributed by atoms with E-state index >= 15 is 0 Å². The van der Waals surface area contributed by atoms with Crippen molar-refractivity contribution >= 4 is 21.9 Å². The lowest BCUT2D eigenvalue weighted by Gasteiger charge is -2.25. The highest BCUT2D eigenvalue weighted by Gasteiger charge is 2.43. The number of aliphatic carboxylic acids is 1. The quantitative estimate of drug-likeness (QED) is 0.708. The maximum Gasteiger partial charge on any atom is 0.329 e. The molecule has 0 radical (unpaired) electrons. The Hall–Kier alpha value is -1.87. The highest BCUT2D eigenvalue weighted by atomic mass is 32.2. The number of aromatic nitrogens is 1. The van der Waals surface area contributed by atoms with Gasteiger partial charge in [-0.25, -0.2) is 18.4 Å². The molecule has 0 spiro atoms. The van der Waals surface area contributed by atoms with E-state index in [9.17, 15) is 23.1 Å². The number of sulfonamides is 1. The molecule has 1 saturated carbocycles. The molecule has 0 aromatic carbocycles. The number of nitrogens with two attached hydrogens (primary N) is 1. The maximum absolute atomic E-state index is 12.2. The lowest BCUT2D eigenvalue weighted by Crippen LogP contribution is -2.52. The Labute approximate surface area is 122 Å². The van der Waals surface area contributed by atoms with Crippen LogP contribution in [-0.4, -0.2) is 35.5 Å². The van der Waals surface area contributed by atoms with E-state index in [1.165, 1.54) is 17.8 Å². The summed E-state index contributed by atoms with van der Waals surface area (Å²) in [6.45, 7) is 0. The average molecular weight is 315 g/mol. The largest absolute Gasteiger partial charge is 0.480 e. The number of hydrogen-bond acceptors (Lipinski definition) is 4. The van der Waals surface area contributed by atoms with E-state index in [1.807, 2.05) is 0 Å². The van der Waals surface area contributed by atoms with Crippen molar-refractivity contribution in [2.75, 3.05) is 0 Å². The zero-order valence-corrected chi connectivity index (χ0v) is 12.3. The van der Waals surface area contributed by atoms with Crippen molar-refractivity contribution in [3.63, 3.8) is 0 Å². The van der Waals surface area contributed by atoms with Gasteiger partial charge in [-0.05, 0) is 18.9 Å². The molecule has 1 aromatic heterocycles. The maximum atomic E-state index is 12.2. The molecule has 1 amide bonds. The number of carbonyl (C=O) groups is 2. The second-order valence-corrected chi connectivity index (χ2v) is 6.83. The van der Waals surface area contributed by atoms with Crippen molar-refractivity contribution in [1.29, 1.82) is 0 Å². The molecule has 1 fully saturated rings. The number of hydrogen-bond donors (Lipinski definition) is 3. The van der Waals surface area contributed by atoms with Gasteiger partial charge in [-0.3, -0.25) is 4.79 Å². The smallest absolute Gasteiger partial charge is 0.329 e. The van der Waals surface area contributed by atoms with Crippen LogP contribution in [0.15, 0.2) is 17.2 Å². The summed E-state index contributed by atoms with van der Waals surface area (Å²) in [5.41, 5.74) is -1.23. The summed E-state index contributed by atoms with van der Waals surface area (Å²) in [6, 6.07) is 1.13. The first kappa shape index (κ1) is 15.5. The summed E-state index contributed by atoms with van der Waals surface area (Å²) >= 11 is 0. The molecule has 21 heavy (non-hydrogen) atoms. The number of primary sulfonamides is 1. The number of rotatable bonds is 4. The molecule has 0 atom stereocenters. The molecule has 0 saturated heterocycles. The van der Waals surface area contributed by atoms with Crippen molar-refractivity contribution in [2.45, 2.75) is 36.1 Å². The number of nitrogens with zero attached hydrogens (tertiary/aromatic N) is 1. The van der Waals surface area contributed by atoms with Crippen LogP contribution in [0.25, 0.3) is 0 Å². The van der Waals surface area contributed by atoms with Gasteiger partial charge in [0.15, 0.2) is 0 Å². The van der Waals surface area contributed by atoms with Gasteiger partial charge in [0.2, 0.25) is 10.0 Å². The van der Waals surface area contributed by atoms with E-state index in [0.717, 1.165) is 18.9 Å². The van der Waals surface area contributed by atoms with Gasteiger partial charge in [0.1, 0.15) is 16.1 Å².